The zero-order valence-electron chi connectivity index (χ0n) is 15.7. The largest absolute Gasteiger partial charge is 0.302 e. The molecule has 0 bridgehead atoms. The molecule has 1 saturated heterocycles. The summed E-state index contributed by atoms with van der Waals surface area (Å²) in [6.45, 7) is 5.09. The van der Waals surface area contributed by atoms with E-state index >= 15 is 0 Å². The topological polar surface area (TPSA) is 79.4 Å². The highest BCUT2D eigenvalue weighted by atomic mass is 32.2. The van der Waals surface area contributed by atoms with Crippen LogP contribution in [0.25, 0.3) is 0 Å². The molecule has 0 aliphatic carbocycles. The van der Waals surface area contributed by atoms with Crippen molar-refractivity contribution < 1.29 is 13.2 Å². The second kappa shape index (κ2) is 8.50. The first-order valence-electron chi connectivity index (χ1n) is 9.19. The predicted molar refractivity (Wildman–Crippen MR) is 108 cm³/mol. The normalized spacial score (nSPS) is 15.6. The zero-order chi connectivity index (χ0) is 19.4. The third-order valence-electron chi connectivity index (χ3n) is 4.79. The lowest BCUT2D eigenvalue weighted by atomic mass is 10.1. The van der Waals surface area contributed by atoms with Gasteiger partial charge in [0.2, 0.25) is 15.9 Å². The predicted octanol–water partition coefficient (Wildman–Crippen LogP) is 3.51. The Morgan fingerprint density at radius 2 is 1.81 bits per heavy atom. The number of carbonyl (C=O) groups excluding carboxylic acids is 1. The number of anilines is 1. The van der Waals surface area contributed by atoms with E-state index in [1.165, 1.54) is 11.3 Å². The molecule has 2 aromatic rings. The molecule has 2 heterocycles. The number of piperidine rings is 1. The molecule has 3 rings (SSSR count). The maximum atomic E-state index is 12.7. The molecule has 0 saturated carbocycles. The number of aromatic nitrogens is 1. The number of nitrogens with zero attached hydrogens (tertiary/aromatic N) is 2. The van der Waals surface area contributed by atoms with Gasteiger partial charge in [0, 0.05) is 24.4 Å². The standard InChI is InChI=1S/C19H25N3O3S2/c1-14-15(2)26-19(20-14)21-18(23)11-8-16-6-9-17(10-7-16)27(24,25)22-12-4-3-5-13-22/h6-7,9-10H,3-5,8,11-13H2,1-2H3,(H,20,21,23). The minimum atomic E-state index is -3.41. The molecule has 0 unspecified atom stereocenters. The van der Waals surface area contributed by atoms with Crippen LogP contribution >= 0.6 is 11.3 Å². The van der Waals surface area contributed by atoms with Crippen LogP contribution in [0.3, 0.4) is 0 Å². The van der Waals surface area contributed by atoms with E-state index in [1.54, 1.807) is 28.6 Å². The SMILES string of the molecule is Cc1nc(NC(=O)CCc2ccc(S(=O)(=O)N3CCCCC3)cc2)sc1C. The number of benzene rings is 1. The smallest absolute Gasteiger partial charge is 0.243 e. The van der Waals surface area contributed by atoms with Crippen LogP contribution in [0.2, 0.25) is 0 Å². The molecular weight excluding hydrogens is 382 g/mol. The van der Waals surface area contributed by atoms with Crippen molar-refractivity contribution in [2.45, 2.75) is 50.8 Å². The molecule has 1 amide bonds. The molecule has 1 aliphatic rings. The van der Waals surface area contributed by atoms with Crippen molar-refractivity contribution in [3.05, 3.63) is 40.4 Å². The fraction of sp³-hybridized carbons (Fsp3) is 0.474. The van der Waals surface area contributed by atoms with Crippen LogP contribution in [0.1, 0.15) is 41.8 Å². The average Bonchev–Trinajstić information content (AvgIpc) is 2.98. The second-order valence-electron chi connectivity index (χ2n) is 6.82. The number of aryl methyl sites for hydroxylation is 3. The lowest BCUT2D eigenvalue weighted by molar-refractivity contribution is -0.116. The molecule has 6 nitrogen and oxygen atoms in total. The van der Waals surface area contributed by atoms with E-state index in [1.807, 2.05) is 13.8 Å². The van der Waals surface area contributed by atoms with E-state index in [2.05, 4.69) is 10.3 Å². The highest BCUT2D eigenvalue weighted by molar-refractivity contribution is 7.89. The van der Waals surface area contributed by atoms with Crippen LogP contribution in [0.15, 0.2) is 29.2 Å². The van der Waals surface area contributed by atoms with Crippen molar-refractivity contribution in [2.75, 3.05) is 18.4 Å². The van der Waals surface area contributed by atoms with Crippen molar-refractivity contribution >= 4 is 32.4 Å². The summed E-state index contributed by atoms with van der Waals surface area (Å²) in [5.74, 6) is -0.0891. The molecular formula is C19H25N3O3S2. The van der Waals surface area contributed by atoms with Gasteiger partial charge in [0.1, 0.15) is 0 Å². The number of amides is 1. The Morgan fingerprint density at radius 3 is 2.41 bits per heavy atom. The number of thiazole rings is 1. The summed E-state index contributed by atoms with van der Waals surface area (Å²) >= 11 is 1.47. The van der Waals surface area contributed by atoms with Gasteiger partial charge in [-0.15, -0.1) is 11.3 Å². The molecule has 146 valence electrons. The molecule has 1 N–H and O–H groups in total. The molecule has 1 aliphatic heterocycles. The highest BCUT2D eigenvalue weighted by Gasteiger charge is 2.25. The Bertz CT molecular complexity index is 879. The van der Waals surface area contributed by atoms with E-state index < -0.39 is 10.0 Å². The molecule has 0 spiro atoms. The van der Waals surface area contributed by atoms with Gasteiger partial charge in [-0.25, -0.2) is 13.4 Å². The summed E-state index contributed by atoms with van der Waals surface area (Å²) in [7, 11) is -3.41. The van der Waals surface area contributed by atoms with Crippen molar-refractivity contribution in [2.24, 2.45) is 0 Å². The first kappa shape index (κ1) is 20.0. The van der Waals surface area contributed by atoms with Gasteiger partial charge < -0.3 is 5.32 Å². The maximum absolute atomic E-state index is 12.7. The van der Waals surface area contributed by atoms with E-state index in [4.69, 9.17) is 0 Å². The van der Waals surface area contributed by atoms with Crippen LogP contribution in [-0.4, -0.2) is 36.7 Å². The number of nitrogens with one attached hydrogen (secondary N) is 1. The lowest BCUT2D eigenvalue weighted by Gasteiger charge is -2.25. The maximum Gasteiger partial charge on any atom is 0.243 e. The number of sulfonamides is 1. The molecule has 27 heavy (non-hydrogen) atoms. The Morgan fingerprint density at radius 1 is 1.15 bits per heavy atom. The van der Waals surface area contributed by atoms with Gasteiger partial charge >= 0.3 is 0 Å². The quantitative estimate of drug-likeness (QED) is 0.795. The zero-order valence-corrected chi connectivity index (χ0v) is 17.3. The number of rotatable bonds is 6. The summed E-state index contributed by atoms with van der Waals surface area (Å²) in [4.78, 5) is 17.8. The Labute approximate surface area is 164 Å². The van der Waals surface area contributed by atoms with E-state index in [9.17, 15) is 13.2 Å². The first-order valence-corrected chi connectivity index (χ1v) is 11.4. The highest BCUT2D eigenvalue weighted by Crippen LogP contribution is 2.22. The van der Waals surface area contributed by atoms with Crippen molar-refractivity contribution in [3.63, 3.8) is 0 Å². The van der Waals surface area contributed by atoms with Gasteiger partial charge in [-0.3, -0.25) is 4.79 Å². The van der Waals surface area contributed by atoms with E-state index in [0.29, 0.717) is 36.0 Å². The van der Waals surface area contributed by atoms with Crippen LogP contribution < -0.4 is 5.32 Å². The Balaban J connectivity index is 1.56. The van der Waals surface area contributed by atoms with Crippen LogP contribution in [0.5, 0.6) is 0 Å². The lowest BCUT2D eigenvalue weighted by Crippen LogP contribution is -2.35. The van der Waals surface area contributed by atoms with Gasteiger partial charge in [0.05, 0.1) is 10.6 Å². The molecule has 1 fully saturated rings. The minimum absolute atomic E-state index is 0.0891. The summed E-state index contributed by atoms with van der Waals surface area (Å²) in [5, 5.41) is 3.44. The second-order valence-corrected chi connectivity index (χ2v) is 9.96. The molecule has 1 aromatic carbocycles. The summed E-state index contributed by atoms with van der Waals surface area (Å²) in [5.41, 5.74) is 1.87. The molecule has 0 atom stereocenters. The monoisotopic (exact) mass is 407 g/mol. The van der Waals surface area contributed by atoms with Gasteiger partial charge in [-0.05, 0) is 50.8 Å². The average molecular weight is 408 g/mol. The van der Waals surface area contributed by atoms with Gasteiger partial charge in [-0.1, -0.05) is 18.6 Å². The van der Waals surface area contributed by atoms with Crippen LogP contribution in [0.4, 0.5) is 5.13 Å². The van der Waals surface area contributed by atoms with Gasteiger partial charge in [-0.2, -0.15) is 4.31 Å². The summed E-state index contributed by atoms with van der Waals surface area (Å²) < 4.78 is 26.9. The number of carbonyl (C=O) groups is 1. The molecule has 0 radical (unpaired) electrons. The van der Waals surface area contributed by atoms with Crippen molar-refractivity contribution in [1.29, 1.82) is 0 Å². The first-order chi connectivity index (χ1) is 12.9. The number of hydrogen-bond donors (Lipinski definition) is 1. The summed E-state index contributed by atoms with van der Waals surface area (Å²) in [6, 6.07) is 6.87. The van der Waals surface area contributed by atoms with Gasteiger partial charge in [0.25, 0.3) is 0 Å². The third-order valence-corrected chi connectivity index (χ3v) is 7.69. The number of hydrogen-bond acceptors (Lipinski definition) is 5. The van der Waals surface area contributed by atoms with Gasteiger partial charge in [0.15, 0.2) is 5.13 Å². The van der Waals surface area contributed by atoms with E-state index in [-0.39, 0.29) is 5.91 Å². The molecule has 1 aromatic heterocycles. The van der Waals surface area contributed by atoms with Crippen LogP contribution in [-0.2, 0) is 21.2 Å². The van der Waals surface area contributed by atoms with E-state index in [0.717, 1.165) is 35.4 Å². The minimum Gasteiger partial charge on any atom is -0.302 e. The Kier molecular flexibility index (Phi) is 6.29. The Hall–Kier alpha value is -1.77. The van der Waals surface area contributed by atoms with Crippen LogP contribution in [0, 0.1) is 13.8 Å². The molecule has 8 heteroatoms. The summed E-state index contributed by atoms with van der Waals surface area (Å²) in [6.07, 6.45) is 3.82. The van der Waals surface area contributed by atoms with Crippen molar-refractivity contribution in [3.8, 4) is 0 Å². The fourth-order valence-corrected chi connectivity index (χ4v) is 5.40. The van der Waals surface area contributed by atoms with Crippen molar-refractivity contribution in [1.82, 2.24) is 9.29 Å². The fourth-order valence-electron chi connectivity index (χ4n) is 3.05. The third kappa shape index (κ3) is 4.94.